The van der Waals surface area contributed by atoms with Crippen molar-refractivity contribution in [2.45, 2.75) is 19.9 Å². The summed E-state index contributed by atoms with van der Waals surface area (Å²) in [7, 11) is 0. The summed E-state index contributed by atoms with van der Waals surface area (Å²) in [5, 5.41) is 12.6. The number of aryl methyl sites for hydroxylation is 1. The Morgan fingerprint density at radius 2 is 1.85 bits per heavy atom. The molecule has 104 valence electrons. The van der Waals surface area contributed by atoms with Crippen molar-refractivity contribution in [1.82, 2.24) is 0 Å². The van der Waals surface area contributed by atoms with Crippen LogP contribution in [0.5, 0.6) is 0 Å². The van der Waals surface area contributed by atoms with Crippen LogP contribution in [0.25, 0.3) is 0 Å². The van der Waals surface area contributed by atoms with E-state index in [2.05, 4.69) is 21.2 Å². The quantitative estimate of drug-likeness (QED) is 0.857. The number of hydrogen-bond acceptors (Lipinski definition) is 2. The minimum Gasteiger partial charge on any atom is -0.478 e. The second-order valence-corrected chi connectivity index (χ2v) is 5.60. The van der Waals surface area contributed by atoms with Gasteiger partial charge in [0.1, 0.15) is 0 Å². The van der Waals surface area contributed by atoms with Crippen molar-refractivity contribution in [2.24, 2.45) is 0 Å². The zero-order chi connectivity index (χ0) is 14.7. The van der Waals surface area contributed by atoms with Crippen LogP contribution in [-0.2, 0) is 0 Å². The summed E-state index contributed by atoms with van der Waals surface area (Å²) < 4.78 is 0.575. The number of hydrogen-bond donors (Lipinski definition) is 2. The Morgan fingerprint density at radius 1 is 1.20 bits per heavy atom. The SMILES string of the molecule is Cc1ccc(C(C)Nc2cccc(Br)c2C(=O)O)cc1. The Morgan fingerprint density at radius 3 is 2.45 bits per heavy atom. The van der Waals surface area contributed by atoms with Gasteiger partial charge in [-0.05, 0) is 47.5 Å². The van der Waals surface area contributed by atoms with E-state index >= 15 is 0 Å². The Kier molecular flexibility index (Phi) is 4.45. The molecule has 2 aromatic rings. The smallest absolute Gasteiger partial charge is 0.338 e. The third-order valence-electron chi connectivity index (χ3n) is 3.18. The number of benzene rings is 2. The highest BCUT2D eigenvalue weighted by Gasteiger charge is 2.15. The molecule has 0 aliphatic heterocycles. The van der Waals surface area contributed by atoms with Crippen LogP contribution >= 0.6 is 15.9 Å². The second-order valence-electron chi connectivity index (χ2n) is 4.74. The number of carboxylic acid groups (broad SMARTS) is 1. The van der Waals surface area contributed by atoms with Crippen LogP contribution in [0.1, 0.15) is 34.5 Å². The molecule has 0 fully saturated rings. The lowest BCUT2D eigenvalue weighted by atomic mass is 10.1. The van der Waals surface area contributed by atoms with E-state index in [1.54, 1.807) is 12.1 Å². The largest absolute Gasteiger partial charge is 0.478 e. The van der Waals surface area contributed by atoms with Gasteiger partial charge in [0.05, 0.1) is 11.3 Å². The molecule has 1 atom stereocenters. The van der Waals surface area contributed by atoms with E-state index in [0.29, 0.717) is 10.2 Å². The van der Waals surface area contributed by atoms with Crippen molar-refractivity contribution in [3.8, 4) is 0 Å². The predicted molar refractivity (Wildman–Crippen MR) is 84.3 cm³/mol. The van der Waals surface area contributed by atoms with Crippen molar-refractivity contribution in [3.63, 3.8) is 0 Å². The number of carbonyl (C=O) groups is 1. The molecule has 0 amide bonds. The number of aromatic carboxylic acids is 1. The number of anilines is 1. The molecule has 2 aromatic carbocycles. The summed E-state index contributed by atoms with van der Waals surface area (Å²) in [6, 6.07) is 13.5. The Balaban J connectivity index is 2.28. The van der Waals surface area contributed by atoms with Crippen LogP contribution in [0, 0.1) is 6.92 Å². The standard InChI is InChI=1S/C16H16BrNO2/c1-10-6-8-12(9-7-10)11(2)18-14-5-3-4-13(17)15(14)16(19)20/h3-9,11,18H,1-2H3,(H,19,20). The van der Waals surface area contributed by atoms with Gasteiger partial charge in [-0.2, -0.15) is 0 Å². The fourth-order valence-electron chi connectivity index (χ4n) is 2.03. The van der Waals surface area contributed by atoms with Gasteiger partial charge >= 0.3 is 5.97 Å². The zero-order valence-corrected chi connectivity index (χ0v) is 12.9. The van der Waals surface area contributed by atoms with E-state index in [-0.39, 0.29) is 11.6 Å². The zero-order valence-electron chi connectivity index (χ0n) is 11.4. The highest BCUT2D eigenvalue weighted by atomic mass is 79.9. The minimum atomic E-state index is -0.948. The summed E-state index contributed by atoms with van der Waals surface area (Å²) in [6.07, 6.45) is 0. The van der Waals surface area contributed by atoms with Crippen molar-refractivity contribution < 1.29 is 9.90 Å². The normalized spacial score (nSPS) is 11.9. The Labute approximate surface area is 126 Å². The molecule has 0 radical (unpaired) electrons. The molecule has 0 aliphatic rings. The van der Waals surface area contributed by atoms with Gasteiger partial charge in [0.15, 0.2) is 0 Å². The maximum atomic E-state index is 11.3. The lowest BCUT2D eigenvalue weighted by Crippen LogP contribution is -2.11. The lowest BCUT2D eigenvalue weighted by Gasteiger charge is -2.18. The minimum absolute atomic E-state index is 0.0306. The van der Waals surface area contributed by atoms with Gasteiger partial charge in [-0.15, -0.1) is 0 Å². The van der Waals surface area contributed by atoms with Gasteiger partial charge in [-0.3, -0.25) is 0 Å². The molecule has 3 nitrogen and oxygen atoms in total. The maximum Gasteiger partial charge on any atom is 0.338 e. The van der Waals surface area contributed by atoms with E-state index in [9.17, 15) is 9.90 Å². The molecule has 0 heterocycles. The lowest BCUT2D eigenvalue weighted by molar-refractivity contribution is 0.0697. The molecule has 4 heteroatoms. The van der Waals surface area contributed by atoms with Gasteiger partial charge < -0.3 is 10.4 Å². The van der Waals surface area contributed by atoms with Crippen LogP contribution in [0.15, 0.2) is 46.9 Å². The van der Waals surface area contributed by atoms with Crippen LogP contribution < -0.4 is 5.32 Å². The number of carboxylic acids is 1. The molecule has 2 rings (SSSR count). The van der Waals surface area contributed by atoms with Gasteiger partial charge in [-0.1, -0.05) is 35.9 Å². The molecule has 1 unspecified atom stereocenters. The first-order chi connectivity index (χ1) is 9.49. The molecule has 0 saturated heterocycles. The fraction of sp³-hybridized carbons (Fsp3) is 0.188. The Bertz CT molecular complexity index is 623. The van der Waals surface area contributed by atoms with Crippen LogP contribution in [0.2, 0.25) is 0 Å². The van der Waals surface area contributed by atoms with Crippen LogP contribution in [-0.4, -0.2) is 11.1 Å². The van der Waals surface area contributed by atoms with E-state index in [1.807, 2.05) is 44.2 Å². The summed E-state index contributed by atoms with van der Waals surface area (Å²) >= 11 is 3.28. The average Bonchev–Trinajstić information content (AvgIpc) is 2.39. The third kappa shape index (κ3) is 3.20. The molecule has 0 aliphatic carbocycles. The van der Waals surface area contributed by atoms with Crippen molar-refractivity contribution in [3.05, 3.63) is 63.6 Å². The monoisotopic (exact) mass is 333 g/mol. The molecular weight excluding hydrogens is 318 g/mol. The van der Waals surface area contributed by atoms with E-state index < -0.39 is 5.97 Å². The summed E-state index contributed by atoms with van der Waals surface area (Å²) in [4.78, 5) is 11.3. The van der Waals surface area contributed by atoms with Crippen molar-refractivity contribution in [2.75, 3.05) is 5.32 Å². The van der Waals surface area contributed by atoms with Gasteiger partial charge in [0, 0.05) is 10.5 Å². The fourth-order valence-corrected chi connectivity index (χ4v) is 2.57. The second kappa shape index (κ2) is 6.09. The molecule has 20 heavy (non-hydrogen) atoms. The molecule has 0 aromatic heterocycles. The number of nitrogens with one attached hydrogen (secondary N) is 1. The maximum absolute atomic E-state index is 11.3. The third-order valence-corrected chi connectivity index (χ3v) is 3.84. The highest BCUT2D eigenvalue weighted by Crippen LogP contribution is 2.28. The average molecular weight is 334 g/mol. The number of rotatable bonds is 4. The Hall–Kier alpha value is -1.81. The molecule has 0 bridgehead atoms. The predicted octanol–water partition coefficient (Wildman–Crippen LogP) is 4.63. The summed E-state index contributed by atoms with van der Waals surface area (Å²) in [5.74, 6) is -0.948. The van der Waals surface area contributed by atoms with Gasteiger partial charge in [-0.25, -0.2) is 4.79 Å². The first-order valence-electron chi connectivity index (χ1n) is 6.34. The topological polar surface area (TPSA) is 49.3 Å². The van der Waals surface area contributed by atoms with Crippen LogP contribution in [0.3, 0.4) is 0 Å². The summed E-state index contributed by atoms with van der Waals surface area (Å²) in [5.41, 5.74) is 3.19. The van der Waals surface area contributed by atoms with E-state index in [4.69, 9.17) is 0 Å². The molecule has 0 spiro atoms. The number of halogens is 1. The van der Waals surface area contributed by atoms with Crippen molar-refractivity contribution >= 4 is 27.6 Å². The van der Waals surface area contributed by atoms with Gasteiger partial charge in [0.25, 0.3) is 0 Å². The molecule has 0 saturated carbocycles. The first-order valence-corrected chi connectivity index (χ1v) is 7.13. The molecule has 2 N–H and O–H groups in total. The molecular formula is C16H16BrNO2. The van der Waals surface area contributed by atoms with E-state index in [1.165, 1.54) is 5.56 Å². The van der Waals surface area contributed by atoms with Crippen LogP contribution in [0.4, 0.5) is 5.69 Å². The van der Waals surface area contributed by atoms with Crippen molar-refractivity contribution in [1.29, 1.82) is 0 Å². The van der Waals surface area contributed by atoms with E-state index in [0.717, 1.165) is 5.56 Å². The summed E-state index contributed by atoms with van der Waals surface area (Å²) in [6.45, 7) is 4.05. The van der Waals surface area contributed by atoms with Gasteiger partial charge in [0.2, 0.25) is 0 Å². The first kappa shape index (κ1) is 14.6. The highest BCUT2D eigenvalue weighted by molar-refractivity contribution is 9.10.